The molecule has 0 unspecified atom stereocenters. The van der Waals surface area contributed by atoms with Gasteiger partial charge in [-0.25, -0.2) is 8.78 Å². The highest BCUT2D eigenvalue weighted by Crippen LogP contribution is 2.31. The van der Waals surface area contributed by atoms with Gasteiger partial charge in [-0.2, -0.15) is 0 Å². The fraction of sp³-hybridized carbons (Fsp3) is 0.316. The fourth-order valence-corrected chi connectivity index (χ4v) is 3.24. The molecular formula is C19H21F2NO3S. The van der Waals surface area contributed by atoms with E-state index in [0.29, 0.717) is 18.0 Å². The Bertz CT molecular complexity index is 799. The summed E-state index contributed by atoms with van der Waals surface area (Å²) in [6.07, 6.45) is 0. The lowest BCUT2D eigenvalue weighted by atomic mass is 10.1. The minimum Gasteiger partial charge on any atom is -0.493 e. The number of carbonyl (C=O) groups is 1. The van der Waals surface area contributed by atoms with E-state index in [1.807, 2.05) is 19.1 Å². The average molecular weight is 381 g/mol. The Balaban J connectivity index is 2.02. The third kappa shape index (κ3) is 4.88. The van der Waals surface area contributed by atoms with Gasteiger partial charge in [0.05, 0.1) is 20.0 Å². The molecule has 0 bridgehead atoms. The number of hydrogen-bond donors (Lipinski definition) is 0. The average Bonchev–Trinajstić information content (AvgIpc) is 2.61. The van der Waals surface area contributed by atoms with Crippen LogP contribution in [0.15, 0.2) is 35.2 Å². The van der Waals surface area contributed by atoms with Gasteiger partial charge in [0, 0.05) is 24.6 Å². The van der Waals surface area contributed by atoms with E-state index in [9.17, 15) is 13.6 Å². The molecule has 0 heterocycles. The molecule has 0 saturated carbocycles. The molecule has 0 aromatic heterocycles. The van der Waals surface area contributed by atoms with Gasteiger partial charge >= 0.3 is 0 Å². The second kappa shape index (κ2) is 8.89. The number of carbonyl (C=O) groups excluding carboxylic acids is 1. The number of methoxy groups -OCH3 is 2. The molecule has 140 valence electrons. The Labute approximate surface area is 156 Å². The number of thioether (sulfide) groups is 1. The van der Waals surface area contributed by atoms with Gasteiger partial charge in [0.25, 0.3) is 0 Å². The molecule has 0 aliphatic heterocycles. The Hall–Kier alpha value is -2.28. The van der Waals surface area contributed by atoms with Crippen LogP contribution >= 0.6 is 11.8 Å². The summed E-state index contributed by atoms with van der Waals surface area (Å²) in [6.45, 7) is 2.32. The summed E-state index contributed by atoms with van der Waals surface area (Å²) in [6, 6.07) is 7.01. The third-order valence-corrected chi connectivity index (χ3v) is 4.95. The van der Waals surface area contributed by atoms with Crippen LogP contribution in [0.2, 0.25) is 0 Å². The number of ether oxygens (including phenoxy) is 2. The first-order valence-electron chi connectivity index (χ1n) is 7.89. The monoisotopic (exact) mass is 381 g/mol. The maximum absolute atomic E-state index is 13.6. The number of benzene rings is 2. The maximum atomic E-state index is 13.6. The Morgan fingerprint density at radius 3 is 2.38 bits per heavy atom. The zero-order chi connectivity index (χ0) is 19.3. The molecule has 7 heteroatoms. The quantitative estimate of drug-likeness (QED) is 0.679. The van der Waals surface area contributed by atoms with Crippen molar-refractivity contribution in [3.8, 4) is 11.5 Å². The molecule has 2 rings (SSSR count). The van der Waals surface area contributed by atoms with E-state index in [2.05, 4.69) is 0 Å². The summed E-state index contributed by atoms with van der Waals surface area (Å²) >= 11 is 1.04. The smallest absolute Gasteiger partial charge is 0.232 e. The Morgan fingerprint density at radius 2 is 1.77 bits per heavy atom. The van der Waals surface area contributed by atoms with Gasteiger partial charge < -0.3 is 14.4 Å². The minimum absolute atomic E-state index is 0.0609. The van der Waals surface area contributed by atoms with Crippen LogP contribution in [-0.4, -0.2) is 37.8 Å². The minimum atomic E-state index is -0.666. The normalized spacial score (nSPS) is 10.5. The summed E-state index contributed by atoms with van der Waals surface area (Å²) < 4.78 is 37.1. The number of nitrogens with zero attached hydrogens (tertiary/aromatic N) is 1. The van der Waals surface area contributed by atoms with Crippen LogP contribution in [0.4, 0.5) is 8.78 Å². The lowest BCUT2D eigenvalue weighted by Gasteiger charge is -2.20. The van der Waals surface area contributed by atoms with Crippen LogP contribution in [0, 0.1) is 18.6 Å². The molecule has 2 aromatic rings. The molecular weight excluding hydrogens is 360 g/mol. The molecule has 1 amide bonds. The third-order valence-electron chi connectivity index (χ3n) is 3.92. The van der Waals surface area contributed by atoms with Crippen molar-refractivity contribution >= 4 is 17.7 Å². The second-order valence-electron chi connectivity index (χ2n) is 5.75. The molecule has 0 atom stereocenters. The van der Waals surface area contributed by atoms with Crippen LogP contribution < -0.4 is 9.47 Å². The van der Waals surface area contributed by atoms with Gasteiger partial charge in [-0.3, -0.25) is 4.79 Å². The van der Waals surface area contributed by atoms with Crippen LogP contribution in [0.1, 0.15) is 11.1 Å². The van der Waals surface area contributed by atoms with Gasteiger partial charge in [0.2, 0.25) is 5.91 Å². The highest BCUT2D eigenvalue weighted by molar-refractivity contribution is 8.00. The number of rotatable bonds is 7. The summed E-state index contributed by atoms with van der Waals surface area (Å²) in [5.74, 6) is -0.180. The van der Waals surface area contributed by atoms with E-state index in [0.717, 1.165) is 29.0 Å². The highest BCUT2D eigenvalue weighted by atomic mass is 32.2. The summed E-state index contributed by atoms with van der Waals surface area (Å²) in [7, 11) is 4.80. The van der Waals surface area contributed by atoms with E-state index in [1.165, 1.54) is 12.1 Å². The summed E-state index contributed by atoms with van der Waals surface area (Å²) in [5.41, 5.74) is 1.90. The molecule has 2 aromatic carbocycles. The molecule has 0 saturated heterocycles. The molecule has 4 nitrogen and oxygen atoms in total. The van der Waals surface area contributed by atoms with Crippen molar-refractivity contribution in [2.45, 2.75) is 18.4 Å². The van der Waals surface area contributed by atoms with Crippen molar-refractivity contribution in [2.24, 2.45) is 0 Å². The molecule has 0 aliphatic rings. The first-order chi connectivity index (χ1) is 12.3. The van der Waals surface area contributed by atoms with E-state index >= 15 is 0 Å². The molecule has 0 N–H and O–H groups in total. The predicted molar refractivity (Wildman–Crippen MR) is 97.8 cm³/mol. The van der Waals surface area contributed by atoms with Crippen molar-refractivity contribution in [3.63, 3.8) is 0 Å². The van der Waals surface area contributed by atoms with E-state index in [1.54, 1.807) is 26.2 Å². The van der Waals surface area contributed by atoms with Crippen molar-refractivity contribution in [1.29, 1.82) is 0 Å². The molecule has 0 spiro atoms. The molecule has 0 aliphatic carbocycles. The Kier molecular flexibility index (Phi) is 6.85. The second-order valence-corrected chi connectivity index (χ2v) is 6.76. The van der Waals surface area contributed by atoms with E-state index in [4.69, 9.17) is 9.47 Å². The van der Waals surface area contributed by atoms with Crippen molar-refractivity contribution in [3.05, 3.63) is 53.1 Å². The maximum Gasteiger partial charge on any atom is 0.232 e. The fourth-order valence-electron chi connectivity index (χ4n) is 2.38. The van der Waals surface area contributed by atoms with Gasteiger partial charge in [-0.1, -0.05) is 0 Å². The van der Waals surface area contributed by atoms with Crippen LogP contribution in [0.5, 0.6) is 11.5 Å². The number of aryl methyl sites for hydroxylation is 1. The highest BCUT2D eigenvalue weighted by Gasteiger charge is 2.15. The van der Waals surface area contributed by atoms with Crippen molar-refractivity contribution < 1.29 is 23.0 Å². The SMILES string of the molecule is COc1cc(C)c(CN(C)C(=O)CSc2ccc(F)cc2F)cc1OC. The zero-order valence-electron chi connectivity index (χ0n) is 15.1. The molecule has 0 fully saturated rings. The van der Waals surface area contributed by atoms with Gasteiger partial charge in [0.1, 0.15) is 11.6 Å². The first-order valence-corrected chi connectivity index (χ1v) is 8.87. The number of amides is 1. The first kappa shape index (κ1) is 20.0. The molecule has 0 radical (unpaired) electrons. The topological polar surface area (TPSA) is 38.8 Å². The van der Waals surface area contributed by atoms with Crippen molar-refractivity contribution in [2.75, 3.05) is 27.0 Å². The van der Waals surface area contributed by atoms with Gasteiger partial charge in [-0.05, 0) is 42.3 Å². The van der Waals surface area contributed by atoms with Gasteiger partial charge in [-0.15, -0.1) is 11.8 Å². The van der Waals surface area contributed by atoms with Crippen LogP contribution in [0.25, 0.3) is 0 Å². The largest absolute Gasteiger partial charge is 0.493 e. The molecule has 26 heavy (non-hydrogen) atoms. The summed E-state index contributed by atoms with van der Waals surface area (Å²) in [4.78, 5) is 14.1. The standard InChI is InChI=1S/C19H21F2NO3S/c1-12-7-16(24-3)17(25-4)8-13(12)10-22(2)19(23)11-26-18-6-5-14(20)9-15(18)21/h5-9H,10-11H2,1-4H3. The van der Waals surface area contributed by atoms with Crippen molar-refractivity contribution in [1.82, 2.24) is 4.90 Å². The van der Waals surface area contributed by atoms with Crippen LogP contribution in [0.3, 0.4) is 0 Å². The summed E-state index contributed by atoms with van der Waals surface area (Å²) in [5, 5.41) is 0. The number of hydrogen-bond acceptors (Lipinski definition) is 4. The van der Waals surface area contributed by atoms with E-state index < -0.39 is 11.6 Å². The number of halogens is 2. The lowest BCUT2D eigenvalue weighted by Crippen LogP contribution is -2.28. The van der Waals surface area contributed by atoms with Gasteiger partial charge in [0.15, 0.2) is 11.5 Å². The Morgan fingerprint density at radius 1 is 1.12 bits per heavy atom. The van der Waals surface area contributed by atoms with Crippen LogP contribution in [-0.2, 0) is 11.3 Å². The predicted octanol–water partition coefficient (Wildman–Crippen LogP) is 4.04. The zero-order valence-corrected chi connectivity index (χ0v) is 16.0. The lowest BCUT2D eigenvalue weighted by molar-refractivity contribution is -0.127. The van der Waals surface area contributed by atoms with E-state index in [-0.39, 0.29) is 16.6 Å².